The number of benzene rings is 2. The molecular formula is C33H37NO5. The van der Waals surface area contributed by atoms with Crippen LogP contribution in [-0.2, 0) is 20.8 Å². The molecule has 0 spiro atoms. The van der Waals surface area contributed by atoms with Crippen molar-refractivity contribution in [2.45, 2.75) is 65.7 Å². The number of hydrogen-bond donors (Lipinski definition) is 1. The zero-order valence-corrected chi connectivity index (χ0v) is 23.3. The summed E-state index contributed by atoms with van der Waals surface area (Å²) in [5, 5.41) is 9.10. The molecule has 2 aromatic rings. The highest BCUT2D eigenvalue weighted by atomic mass is 16.5. The molecule has 6 nitrogen and oxygen atoms in total. The number of carboxylic acids is 1. The van der Waals surface area contributed by atoms with Crippen LogP contribution in [0.3, 0.4) is 0 Å². The van der Waals surface area contributed by atoms with Crippen molar-refractivity contribution in [3.05, 3.63) is 88.3 Å². The molecule has 1 heterocycles. The number of ether oxygens (including phenoxy) is 1. The maximum absolute atomic E-state index is 13.9. The van der Waals surface area contributed by atoms with Crippen LogP contribution in [0, 0.1) is 10.8 Å². The quantitative estimate of drug-likeness (QED) is 0.470. The number of allylic oxidation sites excluding steroid dienone is 4. The minimum absolute atomic E-state index is 0.0806. The summed E-state index contributed by atoms with van der Waals surface area (Å²) >= 11 is 0. The van der Waals surface area contributed by atoms with Gasteiger partial charge in [0.15, 0.2) is 18.2 Å². The van der Waals surface area contributed by atoms with Crippen LogP contribution < -0.4 is 4.74 Å². The van der Waals surface area contributed by atoms with E-state index < -0.39 is 18.5 Å². The van der Waals surface area contributed by atoms with Crippen molar-refractivity contribution in [2.24, 2.45) is 10.8 Å². The molecule has 1 aliphatic heterocycles. The third kappa shape index (κ3) is 5.56. The van der Waals surface area contributed by atoms with E-state index in [0.717, 1.165) is 36.2 Å². The Bertz CT molecular complexity index is 1330. The highest BCUT2D eigenvalue weighted by molar-refractivity contribution is 6.06. The molecule has 0 radical (unpaired) electrons. The van der Waals surface area contributed by atoms with E-state index in [1.165, 1.54) is 5.56 Å². The Hall–Kier alpha value is -3.67. The van der Waals surface area contributed by atoms with Gasteiger partial charge in [-0.05, 0) is 53.4 Å². The van der Waals surface area contributed by atoms with Crippen LogP contribution >= 0.6 is 0 Å². The lowest BCUT2D eigenvalue weighted by molar-refractivity contribution is -0.139. The molecule has 6 heteroatoms. The molecule has 0 atom stereocenters. The summed E-state index contributed by atoms with van der Waals surface area (Å²) in [5.74, 6) is -0.966. The fourth-order valence-electron chi connectivity index (χ4n) is 6.47. The number of hydrogen-bond acceptors (Lipinski definition) is 5. The van der Waals surface area contributed by atoms with Crippen LogP contribution in [0.1, 0.15) is 70.4 Å². The van der Waals surface area contributed by atoms with E-state index in [-0.39, 0.29) is 22.4 Å². The van der Waals surface area contributed by atoms with Crippen LogP contribution in [0.25, 0.3) is 0 Å². The molecule has 5 rings (SSSR count). The molecule has 3 aliphatic rings. The lowest BCUT2D eigenvalue weighted by Crippen LogP contribution is -2.45. The van der Waals surface area contributed by atoms with Crippen molar-refractivity contribution < 1.29 is 24.2 Å². The lowest BCUT2D eigenvalue weighted by atomic mass is 9.63. The molecule has 0 aromatic heterocycles. The third-order valence-electron chi connectivity index (χ3n) is 8.04. The smallest absolute Gasteiger partial charge is 0.341 e. The van der Waals surface area contributed by atoms with Crippen LogP contribution in [-0.4, -0.2) is 40.7 Å². The van der Waals surface area contributed by atoms with Gasteiger partial charge >= 0.3 is 5.97 Å². The molecule has 39 heavy (non-hydrogen) atoms. The van der Waals surface area contributed by atoms with Gasteiger partial charge in [0.2, 0.25) is 0 Å². The summed E-state index contributed by atoms with van der Waals surface area (Å²) in [6.45, 7) is 8.80. The molecule has 0 unspecified atom stereocenters. The Morgan fingerprint density at radius 2 is 1.46 bits per heavy atom. The van der Waals surface area contributed by atoms with Crippen molar-refractivity contribution in [2.75, 3.05) is 13.2 Å². The summed E-state index contributed by atoms with van der Waals surface area (Å²) in [6, 6.07) is 17.6. The first-order valence-corrected chi connectivity index (χ1v) is 13.7. The molecule has 2 aliphatic carbocycles. The van der Waals surface area contributed by atoms with Gasteiger partial charge in [-0.15, -0.1) is 0 Å². The molecule has 0 saturated carbocycles. The van der Waals surface area contributed by atoms with E-state index in [1.807, 2.05) is 30.3 Å². The van der Waals surface area contributed by atoms with Gasteiger partial charge in [0.05, 0.1) is 0 Å². The second-order valence-corrected chi connectivity index (χ2v) is 12.7. The second-order valence-electron chi connectivity index (χ2n) is 12.7. The van der Waals surface area contributed by atoms with E-state index in [9.17, 15) is 14.4 Å². The molecule has 0 amide bonds. The van der Waals surface area contributed by atoms with Gasteiger partial charge in [0, 0.05) is 47.8 Å². The third-order valence-corrected chi connectivity index (χ3v) is 8.04. The number of nitrogens with zero attached hydrogens (tertiary/aromatic N) is 1. The van der Waals surface area contributed by atoms with Crippen molar-refractivity contribution in [3.8, 4) is 5.75 Å². The number of carbonyl (C=O) groups is 3. The number of carboxylic acid groups (broad SMARTS) is 1. The molecule has 204 valence electrons. The summed E-state index contributed by atoms with van der Waals surface area (Å²) < 4.78 is 5.49. The molecular weight excluding hydrogens is 490 g/mol. The summed E-state index contributed by atoms with van der Waals surface area (Å²) in [5.41, 5.74) is 5.11. The lowest BCUT2D eigenvalue weighted by Gasteiger charge is -2.49. The van der Waals surface area contributed by atoms with Gasteiger partial charge in [-0.1, -0.05) is 70.2 Å². The molecule has 0 saturated heterocycles. The topological polar surface area (TPSA) is 83.9 Å². The maximum atomic E-state index is 13.9. The van der Waals surface area contributed by atoms with Gasteiger partial charge in [-0.2, -0.15) is 0 Å². The number of carbonyl (C=O) groups excluding carboxylic acids is 2. The van der Waals surface area contributed by atoms with E-state index in [2.05, 4.69) is 44.7 Å². The van der Waals surface area contributed by atoms with E-state index in [1.54, 1.807) is 12.1 Å². The first-order valence-electron chi connectivity index (χ1n) is 13.7. The predicted molar refractivity (Wildman–Crippen MR) is 149 cm³/mol. The summed E-state index contributed by atoms with van der Waals surface area (Å²) in [6.07, 6.45) is 3.15. The largest absolute Gasteiger partial charge is 0.482 e. The molecule has 0 fully saturated rings. The van der Waals surface area contributed by atoms with Gasteiger partial charge in [0.1, 0.15) is 5.75 Å². The number of rotatable bonds is 7. The minimum atomic E-state index is -1.06. The monoisotopic (exact) mass is 527 g/mol. The van der Waals surface area contributed by atoms with Crippen LogP contribution in [0.2, 0.25) is 0 Å². The summed E-state index contributed by atoms with van der Waals surface area (Å²) in [7, 11) is 0. The highest BCUT2D eigenvalue weighted by Crippen LogP contribution is 2.54. The van der Waals surface area contributed by atoms with Gasteiger partial charge in [-0.3, -0.25) is 9.59 Å². The van der Waals surface area contributed by atoms with Crippen molar-refractivity contribution in [3.63, 3.8) is 0 Å². The highest BCUT2D eigenvalue weighted by Gasteiger charge is 2.48. The fourth-order valence-corrected chi connectivity index (χ4v) is 6.47. The predicted octanol–water partition coefficient (Wildman–Crippen LogP) is 6.08. The average molecular weight is 528 g/mol. The molecule has 1 N–H and O–H groups in total. The van der Waals surface area contributed by atoms with Crippen LogP contribution in [0.15, 0.2) is 77.1 Å². The Morgan fingerprint density at radius 3 is 2.03 bits per heavy atom. The first kappa shape index (κ1) is 26.9. The van der Waals surface area contributed by atoms with Gasteiger partial charge in [0.25, 0.3) is 0 Å². The average Bonchev–Trinajstić information content (AvgIpc) is 2.85. The molecule has 0 bridgehead atoms. The first-order chi connectivity index (χ1) is 18.4. The zero-order valence-electron chi connectivity index (χ0n) is 23.3. The normalized spacial score (nSPS) is 20.6. The van der Waals surface area contributed by atoms with Crippen molar-refractivity contribution >= 4 is 17.5 Å². The SMILES string of the molecule is CC1(C)CC(=O)C2=C(C1)N(CCc1ccccc1)C1=C(C(=O)CC(C)(C)C1)C2c1cccc(OCC(=O)O)c1. The minimum Gasteiger partial charge on any atom is -0.482 e. The zero-order chi connectivity index (χ0) is 27.9. The van der Waals surface area contributed by atoms with E-state index in [0.29, 0.717) is 36.3 Å². The van der Waals surface area contributed by atoms with E-state index in [4.69, 9.17) is 9.84 Å². The van der Waals surface area contributed by atoms with Crippen LogP contribution in [0.4, 0.5) is 0 Å². The van der Waals surface area contributed by atoms with Gasteiger partial charge < -0.3 is 14.7 Å². The van der Waals surface area contributed by atoms with Crippen molar-refractivity contribution in [1.82, 2.24) is 4.90 Å². The number of ketones is 2. The fraction of sp³-hybridized carbons (Fsp3) is 0.424. The Morgan fingerprint density at radius 1 is 0.872 bits per heavy atom. The van der Waals surface area contributed by atoms with Gasteiger partial charge in [-0.25, -0.2) is 4.79 Å². The van der Waals surface area contributed by atoms with E-state index >= 15 is 0 Å². The standard InChI is InChI=1S/C33H37NO5/c1-32(2)16-24-30(26(35)18-32)29(22-11-8-12-23(15-22)39-20-28(37)38)31-25(17-33(3,4)19-27(31)36)34(24)14-13-21-9-6-5-7-10-21/h5-12,15,29H,13-14,16-20H2,1-4H3,(H,37,38). The Kier molecular flexibility index (Phi) is 7.00. The summed E-state index contributed by atoms with van der Waals surface area (Å²) in [4.78, 5) is 41.3. The van der Waals surface area contributed by atoms with Crippen LogP contribution in [0.5, 0.6) is 5.75 Å². The second kappa shape index (κ2) is 10.1. The number of aliphatic carboxylic acids is 1. The Balaban J connectivity index is 1.67. The number of Topliss-reactive ketones (excluding diaryl/α,β-unsaturated/α-hetero) is 2. The Labute approximate surface area is 230 Å². The maximum Gasteiger partial charge on any atom is 0.341 e. The van der Waals surface area contributed by atoms with Crippen molar-refractivity contribution in [1.29, 1.82) is 0 Å². The molecule has 2 aromatic carbocycles.